The van der Waals surface area contributed by atoms with Gasteiger partial charge in [0, 0.05) is 26.2 Å². The van der Waals surface area contributed by atoms with Gasteiger partial charge in [-0.2, -0.15) is 4.31 Å². The maximum Gasteiger partial charge on any atom is 0.305 e. The highest BCUT2D eigenvalue weighted by atomic mass is 35.5. The number of aromatic nitrogens is 2. The van der Waals surface area contributed by atoms with E-state index in [-0.39, 0.29) is 33.7 Å². The number of anilines is 1. The molecule has 0 aliphatic carbocycles. The fourth-order valence-electron chi connectivity index (χ4n) is 2.49. The molecular formula is C14H13Cl2N5O4S. The van der Waals surface area contributed by atoms with Gasteiger partial charge in [0.05, 0.1) is 19.9 Å². The second-order valence-corrected chi connectivity index (χ2v) is 8.22. The van der Waals surface area contributed by atoms with Gasteiger partial charge in [-0.05, 0) is 18.2 Å². The predicted molar refractivity (Wildman–Crippen MR) is 96.1 cm³/mol. The van der Waals surface area contributed by atoms with E-state index in [0.717, 1.165) is 12.4 Å². The van der Waals surface area contributed by atoms with Crippen molar-refractivity contribution in [3.05, 3.63) is 50.8 Å². The monoisotopic (exact) mass is 417 g/mol. The van der Waals surface area contributed by atoms with E-state index in [1.54, 1.807) is 4.90 Å². The topological polar surface area (TPSA) is 110 Å². The number of benzene rings is 1. The molecule has 1 fully saturated rings. The average molecular weight is 418 g/mol. The Bertz CT molecular complexity index is 931. The Morgan fingerprint density at radius 1 is 1.04 bits per heavy atom. The molecule has 3 rings (SSSR count). The number of sulfonamides is 1. The smallest absolute Gasteiger partial charge is 0.305 e. The highest BCUT2D eigenvalue weighted by Gasteiger charge is 2.29. The van der Waals surface area contributed by atoms with E-state index in [1.165, 1.54) is 22.5 Å². The predicted octanol–water partition coefficient (Wildman–Crippen LogP) is 2.20. The second kappa shape index (κ2) is 7.31. The van der Waals surface area contributed by atoms with E-state index in [2.05, 4.69) is 9.97 Å². The third-order valence-corrected chi connectivity index (χ3v) is 6.52. The second-order valence-electron chi connectivity index (χ2n) is 5.47. The summed E-state index contributed by atoms with van der Waals surface area (Å²) in [5.74, 6) is 0.321. The standard InChI is InChI=1S/C14H13Cl2N5O4S/c15-12-2-1-11(7-13(12)16)26(24,25)20-5-3-19(4-6-20)14-17-8-10(9-18-14)21(22)23/h1-2,7-9H,3-6H2. The molecule has 1 aliphatic rings. The molecule has 1 aliphatic heterocycles. The molecule has 0 saturated carbocycles. The Labute approximate surface area is 159 Å². The molecule has 12 heteroatoms. The quantitative estimate of drug-likeness (QED) is 0.553. The van der Waals surface area contributed by atoms with Crippen LogP contribution in [0.4, 0.5) is 11.6 Å². The van der Waals surface area contributed by atoms with Crippen molar-refractivity contribution in [2.45, 2.75) is 4.90 Å². The van der Waals surface area contributed by atoms with E-state index in [4.69, 9.17) is 23.2 Å². The van der Waals surface area contributed by atoms with Gasteiger partial charge in [0.1, 0.15) is 12.4 Å². The lowest BCUT2D eigenvalue weighted by Crippen LogP contribution is -2.49. The van der Waals surface area contributed by atoms with Gasteiger partial charge in [-0.15, -0.1) is 0 Å². The van der Waals surface area contributed by atoms with E-state index >= 15 is 0 Å². The SMILES string of the molecule is O=[N+]([O-])c1cnc(N2CCN(S(=O)(=O)c3ccc(Cl)c(Cl)c3)CC2)nc1. The highest BCUT2D eigenvalue weighted by Crippen LogP contribution is 2.27. The lowest BCUT2D eigenvalue weighted by Gasteiger charge is -2.33. The fraction of sp³-hybridized carbons (Fsp3) is 0.286. The van der Waals surface area contributed by atoms with E-state index in [0.29, 0.717) is 19.0 Å². The maximum atomic E-state index is 12.7. The molecule has 138 valence electrons. The maximum absolute atomic E-state index is 12.7. The van der Waals surface area contributed by atoms with Gasteiger partial charge in [-0.3, -0.25) is 10.1 Å². The first-order chi connectivity index (χ1) is 12.3. The van der Waals surface area contributed by atoms with Crippen LogP contribution in [0.5, 0.6) is 0 Å². The summed E-state index contributed by atoms with van der Waals surface area (Å²) < 4.78 is 26.8. The Kier molecular flexibility index (Phi) is 5.28. The molecule has 1 aromatic carbocycles. The van der Waals surface area contributed by atoms with Crippen LogP contribution in [0.25, 0.3) is 0 Å². The summed E-state index contributed by atoms with van der Waals surface area (Å²) in [5.41, 5.74) is -0.199. The van der Waals surface area contributed by atoms with Crippen molar-refractivity contribution in [1.82, 2.24) is 14.3 Å². The van der Waals surface area contributed by atoms with E-state index in [1.807, 2.05) is 0 Å². The number of piperazine rings is 1. The molecule has 26 heavy (non-hydrogen) atoms. The number of hydrogen-bond donors (Lipinski definition) is 0. The number of hydrogen-bond acceptors (Lipinski definition) is 7. The van der Waals surface area contributed by atoms with E-state index < -0.39 is 14.9 Å². The summed E-state index contributed by atoms with van der Waals surface area (Å²) in [6, 6.07) is 4.18. The van der Waals surface area contributed by atoms with Crippen LogP contribution in [0.2, 0.25) is 10.0 Å². The first-order valence-corrected chi connectivity index (χ1v) is 9.65. The molecule has 0 radical (unpaired) electrons. The molecule has 0 atom stereocenters. The Morgan fingerprint density at radius 2 is 1.65 bits per heavy atom. The van der Waals surface area contributed by atoms with Crippen LogP contribution in [0.3, 0.4) is 0 Å². The molecule has 2 aromatic rings. The van der Waals surface area contributed by atoms with Crippen LogP contribution in [-0.4, -0.2) is 53.8 Å². The lowest BCUT2D eigenvalue weighted by atomic mass is 10.4. The zero-order valence-corrected chi connectivity index (χ0v) is 15.6. The van der Waals surface area contributed by atoms with Crippen molar-refractivity contribution in [2.24, 2.45) is 0 Å². The first-order valence-electron chi connectivity index (χ1n) is 7.45. The highest BCUT2D eigenvalue weighted by molar-refractivity contribution is 7.89. The van der Waals surface area contributed by atoms with Crippen molar-refractivity contribution in [3.8, 4) is 0 Å². The molecular weight excluding hydrogens is 405 g/mol. The van der Waals surface area contributed by atoms with Crippen LogP contribution in [0, 0.1) is 10.1 Å². The number of nitro groups is 1. The van der Waals surface area contributed by atoms with Crippen molar-refractivity contribution in [1.29, 1.82) is 0 Å². The average Bonchev–Trinajstić information content (AvgIpc) is 2.64. The molecule has 0 N–H and O–H groups in total. The molecule has 9 nitrogen and oxygen atoms in total. The number of rotatable bonds is 4. The van der Waals surface area contributed by atoms with Crippen molar-refractivity contribution in [2.75, 3.05) is 31.1 Å². The lowest BCUT2D eigenvalue weighted by molar-refractivity contribution is -0.385. The summed E-state index contributed by atoms with van der Waals surface area (Å²) in [6.45, 7) is 1.17. The normalized spacial score (nSPS) is 15.8. The summed E-state index contributed by atoms with van der Waals surface area (Å²) in [5, 5.41) is 11.1. The Balaban J connectivity index is 1.71. The molecule has 0 bridgehead atoms. The zero-order valence-electron chi connectivity index (χ0n) is 13.2. The Morgan fingerprint density at radius 3 is 2.19 bits per heavy atom. The van der Waals surface area contributed by atoms with Crippen molar-refractivity contribution in [3.63, 3.8) is 0 Å². The number of halogens is 2. The van der Waals surface area contributed by atoms with Crippen molar-refractivity contribution >= 4 is 44.9 Å². The summed E-state index contributed by atoms with van der Waals surface area (Å²) in [4.78, 5) is 19.8. The van der Waals surface area contributed by atoms with Gasteiger partial charge in [0.15, 0.2) is 0 Å². The minimum absolute atomic E-state index is 0.0759. The fourth-order valence-corrected chi connectivity index (χ4v) is 4.30. The van der Waals surface area contributed by atoms with Crippen LogP contribution in [-0.2, 0) is 10.0 Å². The Hall–Kier alpha value is -2.01. The molecule has 0 unspecified atom stereocenters. The first kappa shape index (κ1) is 18.8. The molecule has 1 aromatic heterocycles. The van der Waals surface area contributed by atoms with Gasteiger partial charge in [-0.25, -0.2) is 18.4 Å². The van der Waals surface area contributed by atoms with Gasteiger partial charge in [0.2, 0.25) is 16.0 Å². The minimum Gasteiger partial charge on any atom is -0.338 e. The summed E-state index contributed by atoms with van der Waals surface area (Å²) >= 11 is 11.7. The third kappa shape index (κ3) is 3.73. The zero-order chi connectivity index (χ0) is 18.9. The molecule has 0 amide bonds. The number of nitrogens with zero attached hydrogens (tertiary/aromatic N) is 5. The van der Waals surface area contributed by atoms with Crippen LogP contribution in [0.1, 0.15) is 0 Å². The van der Waals surface area contributed by atoms with Crippen molar-refractivity contribution < 1.29 is 13.3 Å². The van der Waals surface area contributed by atoms with Crippen LogP contribution < -0.4 is 4.90 Å². The molecule has 2 heterocycles. The summed E-state index contributed by atoms with van der Waals surface area (Å²) in [6.07, 6.45) is 2.25. The molecule has 1 saturated heterocycles. The molecule has 0 spiro atoms. The van der Waals surface area contributed by atoms with Gasteiger partial charge in [0.25, 0.3) is 0 Å². The summed E-state index contributed by atoms with van der Waals surface area (Å²) in [7, 11) is -3.69. The van der Waals surface area contributed by atoms with Gasteiger partial charge >= 0.3 is 5.69 Å². The van der Waals surface area contributed by atoms with Gasteiger partial charge in [-0.1, -0.05) is 23.2 Å². The van der Waals surface area contributed by atoms with Crippen LogP contribution >= 0.6 is 23.2 Å². The van der Waals surface area contributed by atoms with E-state index in [9.17, 15) is 18.5 Å². The van der Waals surface area contributed by atoms with Gasteiger partial charge < -0.3 is 4.90 Å². The largest absolute Gasteiger partial charge is 0.338 e. The third-order valence-electron chi connectivity index (χ3n) is 3.89. The minimum atomic E-state index is -3.69. The van der Waals surface area contributed by atoms with Crippen LogP contribution in [0.15, 0.2) is 35.5 Å².